The Balaban J connectivity index is 2.86. The predicted octanol–water partition coefficient (Wildman–Crippen LogP) is 2.68. The zero-order chi connectivity index (χ0) is 15.1. The molecule has 1 aromatic carbocycles. The third kappa shape index (κ3) is 4.69. The molecule has 1 rings (SSSR count). The zero-order valence-electron chi connectivity index (χ0n) is 13.3. The highest BCUT2D eigenvalue weighted by molar-refractivity contribution is 5.42. The molecule has 0 saturated heterocycles. The molecule has 114 valence electrons. The van der Waals surface area contributed by atoms with Crippen LogP contribution in [0, 0.1) is 5.92 Å². The second-order valence-electron chi connectivity index (χ2n) is 5.46. The van der Waals surface area contributed by atoms with Crippen molar-refractivity contribution in [1.29, 1.82) is 0 Å². The summed E-state index contributed by atoms with van der Waals surface area (Å²) >= 11 is 0. The van der Waals surface area contributed by atoms with Crippen molar-refractivity contribution in [3.63, 3.8) is 0 Å². The molecule has 0 bridgehead atoms. The minimum atomic E-state index is -0.0845. The first-order chi connectivity index (χ1) is 9.51. The monoisotopic (exact) mass is 280 g/mol. The van der Waals surface area contributed by atoms with Crippen molar-refractivity contribution in [1.82, 2.24) is 4.90 Å². The molecule has 0 radical (unpaired) electrons. The van der Waals surface area contributed by atoms with E-state index in [1.807, 2.05) is 18.2 Å². The SMILES string of the molecule is CCN(CC(C)C)CC(N)c1cc(OC)ccc1OC. The van der Waals surface area contributed by atoms with Crippen molar-refractivity contribution in [2.45, 2.75) is 26.8 Å². The van der Waals surface area contributed by atoms with Crippen LogP contribution in [0.2, 0.25) is 0 Å². The zero-order valence-corrected chi connectivity index (χ0v) is 13.3. The molecule has 0 aliphatic carbocycles. The number of hydrogen-bond donors (Lipinski definition) is 1. The topological polar surface area (TPSA) is 47.7 Å². The van der Waals surface area contributed by atoms with Crippen molar-refractivity contribution >= 4 is 0 Å². The Hall–Kier alpha value is -1.26. The highest BCUT2D eigenvalue weighted by atomic mass is 16.5. The summed E-state index contributed by atoms with van der Waals surface area (Å²) in [5, 5.41) is 0. The van der Waals surface area contributed by atoms with E-state index in [0.29, 0.717) is 5.92 Å². The highest BCUT2D eigenvalue weighted by Crippen LogP contribution is 2.28. The molecule has 2 N–H and O–H groups in total. The van der Waals surface area contributed by atoms with Crippen LogP contribution >= 0.6 is 0 Å². The fraction of sp³-hybridized carbons (Fsp3) is 0.625. The van der Waals surface area contributed by atoms with E-state index < -0.39 is 0 Å². The van der Waals surface area contributed by atoms with Gasteiger partial charge in [-0.05, 0) is 30.7 Å². The molecule has 0 saturated carbocycles. The molecule has 0 spiro atoms. The van der Waals surface area contributed by atoms with Gasteiger partial charge in [0.1, 0.15) is 11.5 Å². The Kier molecular flexibility index (Phi) is 6.82. The molecular weight excluding hydrogens is 252 g/mol. The lowest BCUT2D eigenvalue weighted by Gasteiger charge is -2.27. The number of benzene rings is 1. The second kappa shape index (κ2) is 8.12. The molecule has 0 amide bonds. The Bertz CT molecular complexity index is 407. The molecule has 0 aliphatic heterocycles. The average Bonchev–Trinajstić information content (AvgIpc) is 2.45. The van der Waals surface area contributed by atoms with Crippen molar-refractivity contribution in [3.8, 4) is 11.5 Å². The summed E-state index contributed by atoms with van der Waals surface area (Å²) in [7, 11) is 3.33. The minimum Gasteiger partial charge on any atom is -0.497 e. The third-order valence-corrected chi connectivity index (χ3v) is 3.36. The van der Waals surface area contributed by atoms with Crippen LogP contribution in [-0.2, 0) is 0 Å². The molecule has 0 fully saturated rings. The lowest BCUT2D eigenvalue weighted by molar-refractivity contribution is 0.240. The molecule has 0 aliphatic rings. The van der Waals surface area contributed by atoms with Gasteiger partial charge in [0, 0.05) is 24.7 Å². The number of likely N-dealkylation sites (N-methyl/N-ethyl adjacent to an activating group) is 1. The third-order valence-electron chi connectivity index (χ3n) is 3.36. The lowest BCUT2D eigenvalue weighted by atomic mass is 10.0. The van der Waals surface area contributed by atoms with E-state index in [9.17, 15) is 0 Å². The van der Waals surface area contributed by atoms with Gasteiger partial charge in [0.2, 0.25) is 0 Å². The maximum absolute atomic E-state index is 6.37. The van der Waals surface area contributed by atoms with Crippen LogP contribution < -0.4 is 15.2 Å². The van der Waals surface area contributed by atoms with Gasteiger partial charge < -0.3 is 20.1 Å². The molecule has 4 heteroatoms. The van der Waals surface area contributed by atoms with E-state index in [1.54, 1.807) is 14.2 Å². The first kappa shape index (κ1) is 16.8. The van der Waals surface area contributed by atoms with Crippen LogP contribution in [0.5, 0.6) is 11.5 Å². The number of nitrogens with zero attached hydrogens (tertiary/aromatic N) is 1. The summed E-state index contributed by atoms with van der Waals surface area (Å²) in [5.41, 5.74) is 7.36. The Morgan fingerprint density at radius 1 is 1.15 bits per heavy atom. The maximum atomic E-state index is 6.37. The van der Waals surface area contributed by atoms with Gasteiger partial charge in [0.05, 0.1) is 14.2 Å². The molecule has 4 nitrogen and oxygen atoms in total. The summed E-state index contributed by atoms with van der Waals surface area (Å²) < 4.78 is 10.7. The van der Waals surface area contributed by atoms with Crippen LogP contribution in [0.1, 0.15) is 32.4 Å². The Morgan fingerprint density at radius 3 is 2.35 bits per heavy atom. The summed E-state index contributed by atoms with van der Waals surface area (Å²) in [6.45, 7) is 9.48. The van der Waals surface area contributed by atoms with Crippen LogP contribution in [-0.4, -0.2) is 38.8 Å². The first-order valence-electron chi connectivity index (χ1n) is 7.21. The fourth-order valence-electron chi connectivity index (χ4n) is 2.35. The summed E-state index contributed by atoms with van der Waals surface area (Å²) in [6.07, 6.45) is 0. The van der Waals surface area contributed by atoms with Gasteiger partial charge in [-0.3, -0.25) is 0 Å². The number of methoxy groups -OCH3 is 2. The van der Waals surface area contributed by atoms with Gasteiger partial charge in [-0.25, -0.2) is 0 Å². The maximum Gasteiger partial charge on any atom is 0.123 e. The van der Waals surface area contributed by atoms with Crippen molar-refractivity contribution < 1.29 is 9.47 Å². The van der Waals surface area contributed by atoms with Gasteiger partial charge >= 0.3 is 0 Å². The summed E-state index contributed by atoms with van der Waals surface area (Å²) in [5.74, 6) is 2.26. The van der Waals surface area contributed by atoms with E-state index in [4.69, 9.17) is 15.2 Å². The van der Waals surface area contributed by atoms with Crippen molar-refractivity contribution in [2.75, 3.05) is 33.9 Å². The van der Waals surface area contributed by atoms with E-state index in [0.717, 1.165) is 36.7 Å². The number of rotatable bonds is 8. The van der Waals surface area contributed by atoms with Crippen LogP contribution in [0.4, 0.5) is 0 Å². The van der Waals surface area contributed by atoms with Gasteiger partial charge in [-0.1, -0.05) is 20.8 Å². The predicted molar refractivity (Wildman–Crippen MR) is 83.4 cm³/mol. The van der Waals surface area contributed by atoms with E-state index >= 15 is 0 Å². The molecular formula is C16H28N2O2. The fourth-order valence-corrected chi connectivity index (χ4v) is 2.35. The summed E-state index contributed by atoms with van der Waals surface area (Å²) in [6, 6.07) is 5.68. The second-order valence-corrected chi connectivity index (χ2v) is 5.46. The first-order valence-corrected chi connectivity index (χ1v) is 7.21. The van der Waals surface area contributed by atoms with Gasteiger partial charge in [0.25, 0.3) is 0 Å². The molecule has 0 heterocycles. The number of ether oxygens (including phenoxy) is 2. The Labute approximate surface area is 122 Å². The van der Waals surface area contributed by atoms with Crippen molar-refractivity contribution in [2.24, 2.45) is 11.7 Å². The quantitative estimate of drug-likeness (QED) is 0.795. The molecule has 0 aromatic heterocycles. The van der Waals surface area contributed by atoms with Gasteiger partial charge in [-0.2, -0.15) is 0 Å². The highest BCUT2D eigenvalue weighted by Gasteiger charge is 2.16. The minimum absolute atomic E-state index is 0.0845. The molecule has 20 heavy (non-hydrogen) atoms. The molecule has 1 aromatic rings. The average molecular weight is 280 g/mol. The lowest BCUT2D eigenvalue weighted by Crippen LogP contribution is -2.34. The smallest absolute Gasteiger partial charge is 0.123 e. The normalized spacial score (nSPS) is 12.8. The van der Waals surface area contributed by atoms with Crippen LogP contribution in [0.15, 0.2) is 18.2 Å². The van der Waals surface area contributed by atoms with Crippen LogP contribution in [0.3, 0.4) is 0 Å². The van der Waals surface area contributed by atoms with Gasteiger partial charge in [0.15, 0.2) is 0 Å². The van der Waals surface area contributed by atoms with Crippen molar-refractivity contribution in [3.05, 3.63) is 23.8 Å². The van der Waals surface area contributed by atoms with E-state index in [-0.39, 0.29) is 6.04 Å². The molecule has 1 atom stereocenters. The van der Waals surface area contributed by atoms with Gasteiger partial charge in [-0.15, -0.1) is 0 Å². The Morgan fingerprint density at radius 2 is 1.85 bits per heavy atom. The number of hydrogen-bond acceptors (Lipinski definition) is 4. The van der Waals surface area contributed by atoms with Crippen LogP contribution in [0.25, 0.3) is 0 Å². The standard InChI is InChI=1S/C16H28N2O2/c1-6-18(10-12(2)3)11-15(17)14-9-13(19-4)7-8-16(14)20-5/h7-9,12,15H,6,10-11,17H2,1-5H3. The molecule has 1 unspecified atom stereocenters. The largest absolute Gasteiger partial charge is 0.497 e. The van der Waals surface area contributed by atoms with E-state index in [2.05, 4.69) is 25.7 Å². The number of nitrogens with two attached hydrogens (primary N) is 1. The summed E-state index contributed by atoms with van der Waals surface area (Å²) in [4.78, 5) is 2.37. The van der Waals surface area contributed by atoms with E-state index in [1.165, 1.54) is 0 Å².